The van der Waals surface area contributed by atoms with Crippen LogP contribution in [0.1, 0.15) is 21.5 Å². The van der Waals surface area contributed by atoms with Gasteiger partial charge in [0.15, 0.2) is 0 Å². The predicted molar refractivity (Wildman–Crippen MR) is 86.7 cm³/mol. The molecule has 0 radical (unpaired) electrons. The molecule has 0 aromatic heterocycles. The molecule has 0 spiro atoms. The second-order valence-electron chi connectivity index (χ2n) is 5.14. The fourth-order valence-electron chi connectivity index (χ4n) is 2.11. The van der Waals surface area contributed by atoms with Crippen LogP contribution in [0.15, 0.2) is 54.6 Å². The van der Waals surface area contributed by atoms with E-state index in [4.69, 9.17) is 0 Å². The Kier molecular flexibility index (Phi) is 5.72. The maximum atomic E-state index is 11.9. The van der Waals surface area contributed by atoms with Crippen molar-refractivity contribution in [3.8, 4) is 0 Å². The monoisotopic (exact) mass is 296 g/mol. The molecule has 22 heavy (non-hydrogen) atoms. The second-order valence-corrected chi connectivity index (χ2v) is 5.14. The molecular weight excluding hydrogens is 276 g/mol. The van der Waals surface area contributed by atoms with E-state index in [0.29, 0.717) is 25.1 Å². The lowest BCUT2D eigenvalue weighted by Crippen LogP contribution is -2.35. The summed E-state index contributed by atoms with van der Waals surface area (Å²) >= 11 is 0. The van der Waals surface area contributed by atoms with Crippen molar-refractivity contribution in [2.24, 2.45) is 0 Å². The minimum absolute atomic E-state index is 0.0454. The number of carbonyl (C=O) groups is 2. The van der Waals surface area contributed by atoms with Gasteiger partial charge in [-0.15, -0.1) is 0 Å². The van der Waals surface area contributed by atoms with E-state index in [1.54, 1.807) is 6.07 Å². The van der Waals surface area contributed by atoms with Gasteiger partial charge < -0.3 is 10.6 Å². The summed E-state index contributed by atoms with van der Waals surface area (Å²) < 4.78 is 0. The van der Waals surface area contributed by atoms with Gasteiger partial charge in [-0.05, 0) is 24.6 Å². The van der Waals surface area contributed by atoms with E-state index in [-0.39, 0.29) is 11.8 Å². The van der Waals surface area contributed by atoms with Crippen molar-refractivity contribution in [1.29, 1.82) is 0 Å². The SMILES string of the molecule is Cc1cccc(C(=O)NCCNC(=O)Cc2ccccc2)c1. The number of nitrogens with one attached hydrogen (secondary N) is 2. The average molecular weight is 296 g/mol. The fourth-order valence-corrected chi connectivity index (χ4v) is 2.11. The Morgan fingerprint density at radius 1 is 0.909 bits per heavy atom. The molecule has 0 atom stereocenters. The lowest BCUT2D eigenvalue weighted by atomic mass is 10.1. The Bertz CT molecular complexity index is 639. The van der Waals surface area contributed by atoms with Crippen LogP contribution >= 0.6 is 0 Å². The molecule has 4 nitrogen and oxygen atoms in total. The highest BCUT2D eigenvalue weighted by molar-refractivity contribution is 5.94. The van der Waals surface area contributed by atoms with Crippen molar-refractivity contribution in [3.63, 3.8) is 0 Å². The maximum Gasteiger partial charge on any atom is 0.251 e. The Labute approximate surface area is 130 Å². The standard InChI is InChI=1S/C18H20N2O2/c1-14-6-5-9-16(12-14)18(22)20-11-10-19-17(21)13-15-7-3-2-4-8-15/h2-9,12H,10-11,13H2,1H3,(H,19,21)(H,20,22). The van der Waals surface area contributed by atoms with Crippen molar-refractivity contribution in [3.05, 3.63) is 71.3 Å². The summed E-state index contributed by atoms with van der Waals surface area (Å²) in [6, 6.07) is 17.0. The van der Waals surface area contributed by atoms with E-state index < -0.39 is 0 Å². The van der Waals surface area contributed by atoms with Gasteiger partial charge in [0.05, 0.1) is 6.42 Å². The van der Waals surface area contributed by atoms with Gasteiger partial charge in [0.2, 0.25) is 5.91 Å². The quantitative estimate of drug-likeness (QED) is 0.802. The molecule has 0 aliphatic heterocycles. The highest BCUT2D eigenvalue weighted by Gasteiger charge is 2.05. The van der Waals surface area contributed by atoms with Gasteiger partial charge in [0, 0.05) is 18.7 Å². The smallest absolute Gasteiger partial charge is 0.251 e. The summed E-state index contributed by atoms with van der Waals surface area (Å²) in [4.78, 5) is 23.7. The third-order valence-corrected chi connectivity index (χ3v) is 3.22. The average Bonchev–Trinajstić information content (AvgIpc) is 2.52. The first kappa shape index (κ1) is 15.8. The molecule has 0 aliphatic carbocycles. The number of carbonyl (C=O) groups excluding carboxylic acids is 2. The first-order valence-electron chi connectivity index (χ1n) is 7.30. The fraction of sp³-hybridized carbons (Fsp3) is 0.222. The van der Waals surface area contributed by atoms with Gasteiger partial charge in [-0.3, -0.25) is 9.59 Å². The van der Waals surface area contributed by atoms with Gasteiger partial charge in [-0.2, -0.15) is 0 Å². The Morgan fingerprint density at radius 2 is 1.64 bits per heavy atom. The third-order valence-electron chi connectivity index (χ3n) is 3.22. The second kappa shape index (κ2) is 7.98. The Hall–Kier alpha value is -2.62. The molecule has 0 bridgehead atoms. The minimum atomic E-state index is -0.124. The number of amides is 2. The topological polar surface area (TPSA) is 58.2 Å². The van der Waals surface area contributed by atoms with E-state index in [0.717, 1.165) is 11.1 Å². The van der Waals surface area contributed by atoms with Crippen molar-refractivity contribution >= 4 is 11.8 Å². The summed E-state index contributed by atoms with van der Waals surface area (Å²) in [6.07, 6.45) is 0.354. The first-order valence-corrected chi connectivity index (χ1v) is 7.30. The maximum absolute atomic E-state index is 11.9. The molecule has 2 aromatic carbocycles. The molecule has 2 amide bonds. The molecule has 0 unspecified atom stereocenters. The molecule has 4 heteroatoms. The van der Waals surface area contributed by atoms with Crippen LogP contribution < -0.4 is 10.6 Å². The lowest BCUT2D eigenvalue weighted by Gasteiger charge is -2.08. The van der Waals surface area contributed by atoms with Gasteiger partial charge in [0.1, 0.15) is 0 Å². The zero-order valence-corrected chi connectivity index (χ0v) is 12.6. The number of hydrogen-bond donors (Lipinski definition) is 2. The highest BCUT2D eigenvalue weighted by atomic mass is 16.2. The van der Waals surface area contributed by atoms with Gasteiger partial charge in [-0.1, -0.05) is 48.0 Å². The Morgan fingerprint density at radius 3 is 2.36 bits per heavy atom. The van der Waals surface area contributed by atoms with E-state index in [1.165, 1.54) is 0 Å². The largest absolute Gasteiger partial charge is 0.354 e. The number of hydrogen-bond acceptors (Lipinski definition) is 2. The van der Waals surface area contributed by atoms with Crippen LogP contribution in [0.3, 0.4) is 0 Å². The van der Waals surface area contributed by atoms with Crippen LogP contribution in [0, 0.1) is 6.92 Å². The van der Waals surface area contributed by atoms with E-state index in [1.807, 2.05) is 55.5 Å². The molecule has 0 heterocycles. The summed E-state index contributed by atoms with van der Waals surface area (Å²) in [5.74, 6) is -0.169. The summed E-state index contributed by atoms with van der Waals surface area (Å²) in [5, 5.41) is 5.59. The molecule has 0 saturated carbocycles. The normalized spacial score (nSPS) is 10.0. The number of aryl methyl sites for hydroxylation is 1. The van der Waals surface area contributed by atoms with Crippen molar-refractivity contribution in [2.75, 3.05) is 13.1 Å². The highest BCUT2D eigenvalue weighted by Crippen LogP contribution is 2.03. The zero-order chi connectivity index (χ0) is 15.8. The predicted octanol–water partition coefficient (Wildman–Crippen LogP) is 2.08. The molecule has 2 N–H and O–H groups in total. The van der Waals surface area contributed by atoms with Crippen LogP contribution in [-0.4, -0.2) is 24.9 Å². The number of rotatable bonds is 6. The van der Waals surface area contributed by atoms with Crippen LogP contribution in [0.25, 0.3) is 0 Å². The van der Waals surface area contributed by atoms with E-state index in [9.17, 15) is 9.59 Å². The minimum Gasteiger partial charge on any atom is -0.354 e. The molecule has 2 rings (SSSR count). The number of benzene rings is 2. The van der Waals surface area contributed by atoms with E-state index >= 15 is 0 Å². The van der Waals surface area contributed by atoms with Crippen LogP contribution in [0.5, 0.6) is 0 Å². The van der Waals surface area contributed by atoms with Crippen molar-refractivity contribution in [2.45, 2.75) is 13.3 Å². The molecule has 0 fully saturated rings. The molecular formula is C18H20N2O2. The Balaban J connectivity index is 1.68. The van der Waals surface area contributed by atoms with Gasteiger partial charge >= 0.3 is 0 Å². The summed E-state index contributed by atoms with van der Waals surface area (Å²) in [6.45, 7) is 2.77. The zero-order valence-electron chi connectivity index (χ0n) is 12.6. The van der Waals surface area contributed by atoms with Gasteiger partial charge in [-0.25, -0.2) is 0 Å². The van der Waals surface area contributed by atoms with Crippen LogP contribution in [-0.2, 0) is 11.2 Å². The molecule has 114 valence electrons. The van der Waals surface area contributed by atoms with Crippen LogP contribution in [0.4, 0.5) is 0 Å². The molecule has 0 saturated heterocycles. The van der Waals surface area contributed by atoms with Crippen molar-refractivity contribution in [1.82, 2.24) is 10.6 Å². The van der Waals surface area contributed by atoms with Gasteiger partial charge in [0.25, 0.3) is 5.91 Å². The molecule has 2 aromatic rings. The van der Waals surface area contributed by atoms with E-state index in [2.05, 4.69) is 10.6 Å². The lowest BCUT2D eigenvalue weighted by molar-refractivity contribution is -0.120. The third kappa shape index (κ3) is 5.05. The van der Waals surface area contributed by atoms with Crippen LogP contribution in [0.2, 0.25) is 0 Å². The summed E-state index contributed by atoms with van der Waals surface area (Å²) in [5.41, 5.74) is 2.66. The van der Waals surface area contributed by atoms with Crippen molar-refractivity contribution < 1.29 is 9.59 Å². The molecule has 0 aliphatic rings. The first-order chi connectivity index (χ1) is 10.6. The summed E-state index contributed by atoms with van der Waals surface area (Å²) in [7, 11) is 0.